The zero-order valence-corrected chi connectivity index (χ0v) is 16.6. The Hall–Kier alpha value is -3.59. The molecule has 0 saturated heterocycles. The van der Waals surface area contributed by atoms with Crippen molar-refractivity contribution in [2.24, 2.45) is 7.05 Å². The van der Waals surface area contributed by atoms with E-state index in [9.17, 15) is 9.59 Å². The minimum Gasteiger partial charge on any atom is -0.322 e. The molecule has 2 aromatic carbocycles. The van der Waals surface area contributed by atoms with Crippen LogP contribution in [-0.4, -0.2) is 30.2 Å². The summed E-state index contributed by atoms with van der Waals surface area (Å²) in [6.45, 7) is 1.84. The van der Waals surface area contributed by atoms with E-state index in [1.54, 1.807) is 41.4 Å². The van der Waals surface area contributed by atoms with Crippen LogP contribution in [0.2, 0.25) is 0 Å². The van der Waals surface area contributed by atoms with Crippen molar-refractivity contribution in [3.63, 3.8) is 0 Å². The number of carbonyl (C=O) groups excluding carboxylic acids is 1. The van der Waals surface area contributed by atoms with Crippen molar-refractivity contribution in [1.82, 2.24) is 24.3 Å². The van der Waals surface area contributed by atoms with Crippen LogP contribution in [0.15, 0.2) is 75.9 Å². The Morgan fingerprint density at radius 2 is 1.83 bits per heavy atom. The number of aromatic amines is 1. The largest absolute Gasteiger partial charge is 0.330 e. The summed E-state index contributed by atoms with van der Waals surface area (Å²) in [4.78, 5) is 28.0. The van der Waals surface area contributed by atoms with E-state index < -0.39 is 0 Å². The Morgan fingerprint density at radius 1 is 1.10 bits per heavy atom. The first-order chi connectivity index (χ1) is 14.0. The number of aromatic nitrogens is 5. The Bertz CT molecular complexity index is 1210. The third-order valence-corrected chi connectivity index (χ3v) is 5.40. The number of benzene rings is 2. The van der Waals surface area contributed by atoms with Gasteiger partial charge in [-0.3, -0.25) is 9.36 Å². The van der Waals surface area contributed by atoms with E-state index in [4.69, 9.17) is 0 Å². The number of aryl methyl sites for hydroxylation is 2. The minimum absolute atomic E-state index is 0.209. The van der Waals surface area contributed by atoms with Gasteiger partial charge in [0.1, 0.15) is 6.33 Å². The molecule has 0 saturated carbocycles. The molecule has 0 aliphatic carbocycles. The molecule has 2 heterocycles. The van der Waals surface area contributed by atoms with Gasteiger partial charge in [0, 0.05) is 35.1 Å². The van der Waals surface area contributed by atoms with Gasteiger partial charge in [-0.25, -0.2) is 4.79 Å². The van der Waals surface area contributed by atoms with E-state index in [0.717, 1.165) is 15.7 Å². The van der Waals surface area contributed by atoms with Crippen molar-refractivity contribution >= 4 is 23.4 Å². The van der Waals surface area contributed by atoms with Gasteiger partial charge in [-0.1, -0.05) is 0 Å². The van der Waals surface area contributed by atoms with Crippen molar-refractivity contribution < 1.29 is 4.79 Å². The molecule has 0 spiro atoms. The van der Waals surface area contributed by atoms with Gasteiger partial charge in [-0.05, 0) is 67.2 Å². The molecule has 8 nitrogen and oxygen atoms in total. The van der Waals surface area contributed by atoms with Crippen LogP contribution in [-0.2, 0) is 7.05 Å². The summed E-state index contributed by atoms with van der Waals surface area (Å²) in [5.74, 6) is -0.219. The lowest BCUT2D eigenvalue weighted by Crippen LogP contribution is -2.16. The summed E-state index contributed by atoms with van der Waals surface area (Å²) in [6.07, 6.45) is 3.30. The van der Waals surface area contributed by atoms with Crippen LogP contribution in [0.25, 0.3) is 5.69 Å². The number of anilines is 1. The number of hydrogen-bond donors (Lipinski definition) is 2. The lowest BCUT2D eigenvalue weighted by atomic mass is 10.2. The second-order valence-corrected chi connectivity index (χ2v) is 7.46. The molecule has 0 aliphatic rings. The SMILES string of the molecule is Cc1c[nH]c(=O)n1-c1ccc(C(=O)Nc2ccc(Sc3nncn3C)cc2)cc1. The molecule has 9 heteroatoms. The number of carbonyl (C=O) groups is 1. The van der Waals surface area contributed by atoms with Gasteiger partial charge in [0.15, 0.2) is 5.16 Å². The molecule has 0 aliphatic heterocycles. The molecule has 2 N–H and O–H groups in total. The summed E-state index contributed by atoms with van der Waals surface area (Å²) in [5, 5.41) is 11.6. The lowest BCUT2D eigenvalue weighted by Gasteiger charge is -2.08. The number of nitrogens with zero attached hydrogens (tertiary/aromatic N) is 4. The highest BCUT2D eigenvalue weighted by Gasteiger charge is 2.09. The average molecular weight is 406 g/mol. The van der Waals surface area contributed by atoms with E-state index in [1.165, 1.54) is 11.8 Å². The van der Waals surface area contributed by atoms with Gasteiger partial charge in [-0.2, -0.15) is 0 Å². The maximum absolute atomic E-state index is 12.5. The van der Waals surface area contributed by atoms with Gasteiger partial charge in [0.2, 0.25) is 0 Å². The standard InChI is InChI=1S/C20H18N6O2S/c1-13-11-21-19(28)26(13)16-7-3-14(4-8-16)18(27)23-15-5-9-17(10-6-15)29-20-24-22-12-25(20)2/h3-12H,1-2H3,(H,21,28)(H,23,27). The number of rotatable bonds is 5. The first kappa shape index (κ1) is 18.8. The first-order valence-electron chi connectivity index (χ1n) is 8.82. The molecule has 4 rings (SSSR count). The van der Waals surface area contributed by atoms with E-state index in [2.05, 4.69) is 20.5 Å². The summed E-state index contributed by atoms with van der Waals surface area (Å²) in [5.41, 5.74) is 2.49. The zero-order valence-electron chi connectivity index (χ0n) is 15.8. The van der Waals surface area contributed by atoms with Crippen molar-refractivity contribution in [2.75, 3.05) is 5.32 Å². The van der Waals surface area contributed by atoms with Crippen LogP contribution in [0.4, 0.5) is 5.69 Å². The monoisotopic (exact) mass is 406 g/mol. The van der Waals surface area contributed by atoms with Crippen LogP contribution in [0.1, 0.15) is 16.1 Å². The molecule has 2 aromatic heterocycles. The fourth-order valence-corrected chi connectivity index (χ4v) is 3.58. The second kappa shape index (κ2) is 7.80. The molecule has 29 heavy (non-hydrogen) atoms. The minimum atomic E-state index is -0.219. The third-order valence-electron chi connectivity index (χ3n) is 4.34. The molecule has 1 amide bonds. The van der Waals surface area contributed by atoms with E-state index in [-0.39, 0.29) is 11.6 Å². The predicted octanol–water partition coefficient (Wildman–Crippen LogP) is 3.01. The summed E-state index contributed by atoms with van der Waals surface area (Å²) >= 11 is 1.49. The van der Waals surface area contributed by atoms with Gasteiger partial charge in [0.25, 0.3) is 5.91 Å². The molecular formula is C20H18N6O2S. The topological polar surface area (TPSA) is 97.6 Å². The molecule has 0 fully saturated rings. The van der Waals surface area contributed by atoms with E-state index in [1.807, 2.05) is 42.8 Å². The van der Waals surface area contributed by atoms with Crippen LogP contribution in [0.3, 0.4) is 0 Å². The van der Waals surface area contributed by atoms with Crippen LogP contribution < -0.4 is 11.0 Å². The van der Waals surface area contributed by atoms with Gasteiger partial charge >= 0.3 is 5.69 Å². The molecular weight excluding hydrogens is 388 g/mol. The van der Waals surface area contributed by atoms with Crippen LogP contribution >= 0.6 is 11.8 Å². The van der Waals surface area contributed by atoms with Crippen molar-refractivity contribution in [3.8, 4) is 5.69 Å². The molecule has 0 bridgehead atoms. The maximum atomic E-state index is 12.5. The Kier molecular flexibility index (Phi) is 5.05. The fourth-order valence-electron chi connectivity index (χ4n) is 2.82. The second-order valence-electron chi connectivity index (χ2n) is 6.42. The zero-order chi connectivity index (χ0) is 20.4. The van der Waals surface area contributed by atoms with Crippen LogP contribution in [0, 0.1) is 6.92 Å². The summed E-state index contributed by atoms with van der Waals surface area (Å²) < 4.78 is 3.39. The Labute approximate surface area is 170 Å². The molecule has 0 unspecified atom stereocenters. The van der Waals surface area contributed by atoms with Crippen molar-refractivity contribution in [2.45, 2.75) is 17.0 Å². The smallest absolute Gasteiger partial charge is 0.322 e. The highest BCUT2D eigenvalue weighted by Crippen LogP contribution is 2.26. The van der Waals surface area contributed by atoms with E-state index in [0.29, 0.717) is 16.9 Å². The molecule has 146 valence electrons. The normalized spacial score (nSPS) is 10.8. The number of imidazole rings is 1. The van der Waals surface area contributed by atoms with E-state index >= 15 is 0 Å². The number of amides is 1. The highest BCUT2D eigenvalue weighted by molar-refractivity contribution is 7.99. The molecule has 0 atom stereocenters. The number of hydrogen-bond acceptors (Lipinski definition) is 5. The Morgan fingerprint density at radius 3 is 2.41 bits per heavy atom. The molecule has 4 aromatic rings. The predicted molar refractivity (Wildman–Crippen MR) is 111 cm³/mol. The summed E-state index contributed by atoms with van der Waals surface area (Å²) in [6, 6.07) is 14.4. The van der Waals surface area contributed by atoms with Gasteiger partial charge in [0.05, 0.1) is 5.69 Å². The van der Waals surface area contributed by atoms with Crippen molar-refractivity contribution in [3.05, 3.63) is 82.8 Å². The van der Waals surface area contributed by atoms with Gasteiger partial charge in [-0.15, -0.1) is 10.2 Å². The quantitative estimate of drug-likeness (QED) is 0.531. The number of H-pyrrole nitrogens is 1. The average Bonchev–Trinajstić information content (AvgIpc) is 3.28. The first-order valence-corrected chi connectivity index (χ1v) is 9.63. The Balaban J connectivity index is 1.44. The summed E-state index contributed by atoms with van der Waals surface area (Å²) in [7, 11) is 1.88. The number of nitrogens with one attached hydrogen (secondary N) is 2. The lowest BCUT2D eigenvalue weighted by molar-refractivity contribution is 0.102. The molecule has 0 radical (unpaired) electrons. The van der Waals surface area contributed by atoms with Crippen LogP contribution in [0.5, 0.6) is 0 Å². The van der Waals surface area contributed by atoms with Gasteiger partial charge < -0.3 is 14.9 Å². The highest BCUT2D eigenvalue weighted by atomic mass is 32.2. The van der Waals surface area contributed by atoms with Crippen molar-refractivity contribution in [1.29, 1.82) is 0 Å². The third kappa shape index (κ3) is 3.99. The fraction of sp³-hybridized carbons (Fsp3) is 0.100. The maximum Gasteiger partial charge on any atom is 0.330 e.